The Labute approximate surface area is 168 Å². The number of carbonyl (C=O) groups excluding carboxylic acids is 2. The molecule has 1 aromatic heterocycles. The molecule has 0 aliphatic heterocycles. The molecule has 2 aromatic rings. The van der Waals surface area contributed by atoms with Crippen LogP contribution in [-0.4, -0.2) is 37.6 Å². The number of sulfonamides is 1. The molecule has 2 rings (SSSR count). The number of thiazole rings is 1. The van der Waals surface area contributed by atoms with Gasteiger partial charge in [0.05, 0.1) is 17.0 Å². The van der Waals surface area contributed by atoms with E-state index in [1.807, 2.05) is 6.92 Å². The van der Waals surface area contributed by atoms with E-state index in [4.69, 9.17) is 4.74 Å². The third-order valence-electron chi connectivity index (χ3n) is 3.66. The van der Waals surface area contributed by atoms with Crippen molar-refractivity contribution in [2.75, 3.05) is 21.9 Å². The lowest BCUT2D eigenvalue weighted by atomic mass is 10.2. The fraction of sp³-hybridized carbons (Fsp3) is 0.389. The summed E-state index contributed by atoms with van der Waals surface area (Å²) in [6.45, 7) is 5.54. The largest absolute Gasteiger partial charge is 0.456 e. The van der Waals surface area contributed by atoms with Gasteiger partial charge in [-0.1, -0.05) is 13.0 Å². The van der Waals surface area contributed by atoms with Crippen LogP contribution in [0, 0.1) is 0 Å². The van der Waals surface area contributed by atoms with E-state index in [2.05, 4.69) is 9.71 Å². The van der Waals surface area contributed by atoms with Crippen molar-refractivity contribution in [3.8, 4) is 0 Å². The van der Waals surface area contributed by atoms with Gasteiger partial charge >= 0.3 is 5.97 Å². The molecule has 0 aliphatic rings. The van der Waals surface area contributed by atoms with E-state index in [1.165, 1.54) is 29.2 Å². The molecule has 1 aromatic carbocycles. The van der Waals surface area contributed by atoms with Gasteiger partial charge in [-0.25, -0.2) is 18.2 Å². The summed E-state index contributed by atoms with van der Waals surface area (Å²) in [7, 11) is -3.44. The van der Waals surface area contributed by atoms with Crippen LogP contribution in [0.25, 0.3) is 0 Å². The Balaban J connectivity index is 2.01. The average Bonchev–Trinajstić information content (AvgIpc) is 3.08. The minimum Gasteiger partial charge on any atom is -0.456 e. The van der Waals surface area contributed by atoms with Gasteiger partial charge in [0.15, 0.2) is 5.13 Å². The first-order valence-electron chi connectivity index (χ1n) is 8.76. The van der Waals surface area contributed by atoms with Gasteiger partial charge < -0.3 is 4.74 Å². The first kappa shape index (κ1) is 21.8. The van der Waals surface area contributed by atoms with Crippen molar-refractivity contribution in [2.45, 2.75) is 33.8 Å². The lowest BCUT2D eigenvalue weighted by Gasteiger charge is -2.14. The number of amides is 1. The van der Waals surface area contributed by atoms with Gasteiger partial charge in [0, 0.05) is 24.5 Å². The molecule has 1 N–H and O–H groups in total. The van der Waals surface area contributed by atoms with E-state index >= 15 is 0 Å². The van der Waals surface area contributed by atoms with Crippen LogP contribution >= 0.6 is 11.3 Å². The molecule has 0 bridgehead atoms. The van der Waals surface area contributed by atoms with Crippen LogP contribution < -0.4 is 9.62 Å². The number of nitrogens with zero attached hydrogens (tertiary/aromatic N) is 2. The summed E-state index contributed by atoms with van der Waals surface area (Å²) in [5.41, 5.74) is 1.07. The second-order valence-electron chi connectivity index (χ2n) is 5.96. The molecule has 1 heterocycles. The van der Waals surface area contributed by atoms with Gasteiger partial charge in [0.1, 0.15) is 6.61 Å². The van der Waals surface area contributed by atoms with Crippen LogP contribution in [0.4, 0.5) is 10.8 Å². The van der Waals surface area contributed by atoms with Gasteiger partial charge in [0.25, 0.3) is 0 Å². The van der Waals surface area contributed by atoms with Gasteiger partial charge in [-0.05, 0) is 31.5 Å². The van der Waals surface area contributed by atoms with Crippen LogP contribution in [0.15, 0.2) is 29.6 Å². The van der Waals surface area contributed by atoms with Crippen LogP contribution in [-0.2, 0) is 26.2 Å². The molecular weight excluding hydrogens is 402 g/mol. The second-order valence-corrected chi connectivity index (χ2v) is 8.64. The molecule has 0 radical (unpaired) electrons. The number of hydrogen-bond donors (Lipinski definition) is 1. The molecule has 0 saturated carbocycles. The van der Waals surface area contributed by atoms with E-state index < -0.39 is 16.0 Å². The molecule has 0 atom stereocenters. The fourth-order valence-corrected chi connectivity index (χ4v) is 4.45. The molecule has 0 aliphatic carbocycles. The number of rotatable bonds is 9. The lowest BCUT2D eigenvalue weighted by molar-refractivity contribution is -0.116. The monoisotopic (exact) mass is 425 g/mol. The molecule has 28 heavy (non-hydrogen) atoms. The van der Waals surface area contributed by atoms with Crippen molar-refractivity contribution in [3.05, 3.63) is 40.9 Å². The van der Waals surface area contributed by atoms with E-state index in [9.17, 15) is 18.0 Å². The van der Waals surface area contributed by atoms with Crippen molar-refractivity contribution in [2.24, 2.45) is 0 Å². The van der Waals surface area contributed by atoms with Crippen molar-refractivity contribution >= 4 is 44.1 Å². The summed E-state index contributed by atoms with van der Waals surface area (Å²) in [5.74, 6) is -0.698. The predicted octanol–water partition coefficient (Wildman–Crippen LogP) is 3.02. The summed E-state index contributed by atoms with van der Waals surface area (Å²) in [6.07, 6.45) is 0.492. The minimum absolute atomic E-state index is 0.00285. The van der Waals surface area contributed by atoms with Crippen LogP contribution in [0.3, 0.4) is 0 Å². The summed E-state index contributed by atoms with van der Waals surface area (Å²) >= 11 is 1.30. The number of benzene rings is 1. The SMILES string of the molecule is CCCS(=O)(=O)Nc1cccc(C(=O)OCc2csc(N(CC)C(C)=O)n2)c1. The van der Waals surface area contributed by atoms with E-state index in [-0.39, 0.29) is 23.8 Å². The third-order valence-corrected chi connectivity index (χ3v) is 6.07. The Hall–Kier alpha value is -2.46. The summed E-state index contributed by atoms with van der Waals surface area (Å²) < 4.78 is 31.4. The summed E-state index contributed by atoms with van der Waals surface area (Å²) in [4.78, 5) is 29.7. The van der Waals surface area contributed by atoms with Crippen molar-refractivity contribution < 1.29 is 22.7 Å². The maximum Gasteiger partial charge on any atom is 0.338 e. The Morgan fingerprint density at radius 1 is 1.29 bits per heavy atom. The lowest BCUT2D eigenvalue weighted by Crippen LogP contribution is -2.27. The Bertz CT molecular complexity index is 940. The van der Waals surface area contributed by atoms with E-state index in [0.29, 0.717) is 29.5 Å². The number of aromatic nitrogens is 1. The molecule has 0 saturated heterocycles. The fourth-order valence-electron chi connectivity index (χ4n) is 2.41. The zero-order valence-electron chi connectivity index (χ0n) is 16.0. The Morgan fingerprint density at radius 2 is 2.04 bits per heavy atom. The number of esters is 1. The number of hydrogen-bond acceptors (Lipinski definition) is 7. The number of carbonyl (C=O) groups is 2. The van der Waals surface area contributed by atoms with E-state index in [1.54, 1.807) is 30.5 Å². The topological polar surface area (TPSA) is 106 Å². The minimum atomic E-state index is -3.44. The van der Waals surface area contributed by atoms with Crippen molar-refractivity contribution in [1.82, 2.24) is 4.98 Å². The van der Waals surface area contributed by atoms with E-state index in [0.717, 1.165) is 0 Å². The number of ether oxygens (including phenoxy) is 1. The number of anilines is 2. The zero-order valence-corrected chi connectivity index (χ0v) is 17.6. The van der Waals surface area contributed by atoms with Crippen molar-refractivity contribution in [1.29, 1.82) is 0 Å². The highest BCUT2D eigenvalue weighted by Crippen LogP contribution is 2.21. The second kappa shape index (κ2) is 9.65. The third kappa shape index (κ3) is 6.03. The maximum absolute atomic E-state index is 12.3. The summed E-state index contributed by atoms with van der Waals surface area (Å²) in [6, 6.07) is 6.11. The highest BCUT2D eigenvalue weighted by atomic mass is 32.2. The van der Waals surface area contributed by atoms with Gasteiger partial charge in [-0.15, -0.1) is 11.3 Å². The zero-order chi connectivity index (χ0) is 20.7. The highest BCUT2D eigenvalue weighted by molar-refractivity contribution is 7.92. The summed E-state index contributed by atoms with van der Waals surface area (Å²) in [5, 5.41) is 2.28. The standard InChI is InChI=1S/C18H23N3O5S2/c1-4-9-28(24,25)20-15-8-6-7-14(10-15)17(23)26-11-16-12-27-18(19-16)21(5-2)13(3)22/h6-8,10,12,20H,4-5,9,11H2,1-3H3. The maximum atomic E-state index is 12.3. The first-order valence-corrected chi connectivity index (χ1v) is 11.3. The Kier molecular flexibility index (Phi) is 7.53. The molecule has 8 nitrogen and oxygen atoms in total. The highest BCUT2D eigenvalue weighted by Gasteiger charge is 2.15. The van der Waals surface area contributed by atoms with Crippen molar-refractivity contribution in [3.63, 3.8) is 0 Å². The van der Waals surface area contributed by atoms with Gasteiger partial charge in [-0.3, -0.25) is 14.4 Å². The van der Waals surface area contributed by atoms with Gasteiger partial charge in [0.2, 0.25) is 15.9 Å². The Morgan fingerprint density at radius 3 is 2.68 bits per heavy atom. The molecule has 152 valence electrons. The quantitative estimate of drug-likeness (QED) is 0.619. The molecule has 0 spiro atoms. The molecule has 10 heteroatoms. The molecule has 0 unspecified atom stereocenters. The van der Waals surface area contributed by atoms with Crippen LogP contribution in [0.2, 0.25) is 0 Å². The predicted molar refractivity (Wildman–Crippen MR) is 109 cm³/mol. The molecular formula is C18H23N3O5S2. The van der Waals surface area contributed by atoms with Gasteiger partial charge in [-0.2, -0.15) is 0 Å². The van der Waals surface area contributed by atoms with Crippen LogP contribution in [0.5, 0.6) is 0 Å². The normalized spacial score (nSPS) is 11.1. The average molecular weight is 426 g/mol. The molecule has 0 fully saturated rings. The molecule has 1 amide bonds. The van der Waals surface area contributed by atoms with Crippen LogP contribution in [0.1, 0.15) is 43.2 Å². The smallest absolute Gasteiger partial charge is 0.338 e. The number of nitrogens with one attached hydrogen (secondary N) is 1. The first-order chi connectivity index (χ1) is 13.3.